The van der Waals surface area contributed by atoms with Crippen LogP contribution in [0.1, 0.15) is 23.2 Å². The van der Waals surface area contributed by atoms with Gasteiger partial charge in [0.25, 0.3) is 11.6 Å². The Morgan fingerprint density at radius 3 is 2.55 bits per heavy atom. The molecule has 4 N–H and O–H groups in total. The zero-order valence-electron chi connectivity index (χ0n) is 10.7. The zero-order chi connectivity index (χ0) is 14.9. The number of nitrogens with zero attached hydrogens (tertiary/aromatic N) is 2. The van der Waals surface area contributed by atoms with E-state index in [-0.39, 0.29) is 17.3 Å². The van der Waals surface area contributed by atoms with E-state index < -0.39 is 22.3 Å². The van der Waals surface area contributed by atoms with Crippen molar-refractivity contribution in [3.8, 4) is 0 Å². The maximum absolute atomic E-state index is 13.4. The van der Waals surface area contributed by atoms with Gasteiger partial charge in [-0.15, -0.1) is 0 Å². The minimum atomic E-state index is -0.858. The second-order valence-electron chi connectivity index (χ2n) is 4.77. The number of rotatable bonds is 2. The number of nitrogen functional groups attached to an aromatic ring is 1. The third-order valence-corrected chi connectivity index (χ3v) is 3.38. The fourth-order valence-electron chi connectivity index (χ4n) is 2.20. The maximum atomic E-state index is 13.4. The summed E-state index contributed by atoms with van der Waals surface area (Å²) in [5.41, 5.74) is 10.3. The summed E-state index contributed by atoms with van der Waals surface area (Å²) in [6, 6.07) is 1.68. The van der Waals surface area contributed by atoms with Crippen molar-refractivity contribution >= 4 is 17.3 Å². The van der Waals surface area contributed by atoms with Crippen LogP contribution in [0.15, 0.2) is 12.1 Å². The number of carbonyl (C=O) groups excluding carboxylic acids is 1. The number of nitro benzene ring substituents is 1. The van der Waals surface area contributed by atoms with Gasteiger partial charge in [-0.25, -0.2) is 4.39 Å². The SMILES string of the molecule is Nc1c(C(=O)N2CCC(N)CC2)cc(F)cc1[N+](=O)[O-]. The van der Waals surface area contributed by atoms with Crippen LogP contribution in [0, 0.1) is 15.9 Å². The summed E-state index contributed by atoms with van der Waals surface area (Å²) in [5.74, 6) is -1.36. The van der Waals surface area contributed by atoms with Crippen molar-refractivity contribution in [2.24, 2.45) is 5.73 Å². The van der Waals surface area contributed by atoms with E-state index in [4.69, 9.17) is 11.5 Å². The van der Waals surface area contributed by atoms with E-state index in [0.29, 0.717) is 32.0 Å². The highest BCUT2D eigenvalue weighted by Gasteiger charge is 2.27. The molecule has 1 saturated heterocycles. The number of halogens is 1. The first-order valence-electron chi connectivity index (χ1n) is 6.18. The molecule has 0 spiro atoms. The lowest BCUT2D eigenvalue weighted by atomic mass is 10.0. The van der Waals surface area contributed by atoms with E-state index in [1.165, 1.54) is 4.90 Å². The number of amides is 1. The Morgan fingerprint density at radius 2 is 2.00 bits per heavy atom. The van der Waals surface area contributed by atoms with E-state index >= 15 is 0 Å². The highest BCUT2D eigenvalue weighted by atomic mass is 19.1. The molecule has 20 heavy (non-hydrogen) atoms. The lowest BCUT2D eigenvalue weighted by Gasteiger charge is -2.30. The predicted octanol–water partition coefficient (Wildman–Crippen LogP) is 0.879. The van der Waals surface area contributed by atoms with E-state index in [1.54, 1.807) is 0 Å². The van der Waals surface area contributed by atoms with Crippen molar-refractivity contribution in [2.45, 2.75) is 18.9 Å². The van der Waals surface area contributed by atoms with E-state index in [9.17, 15) is 19.3 Å². The fraction of sp³-hybridized carbons (Fsp3) is 0.417. The van der Waals surface area contributed by atoms with Gasteiger partial charge in [0.2, 0.25) is 0 Å². The highest BCUT2D eigenvalue weighted by Crippen LogP contribution is 2.28. The fourth-order valence-corrected chi connectivity index (χ4v) is 2.20. The van der Waals surface area contributed by atoms with Gasteiger partial charge in [-0.2, -0.15) is 0 Å². The number of benzene rings is 1. The van der Waals surface area contributed by atoms with Gasteiger partial charge in [-0.3, -0.25) is 14.9 Å². The topological polar surface area (TPSA) is 115 Å². The second kappa shape index (κ2) is 5.41. The van der Waals surface area contributed by atoms with E-state index in [2.05, 4.69) is 0 Å². The number of nitrogens with two attached hydrogens (primary N) is 2. The van der Waals surface area contributed by atoms with Crippen molar-refractivity contribution in [1.82, 2.24) is 4.90 Å². The molecule has 1 heterocycles. The molecule has 1 aliphatic heterocycles. The van der Waals surface area contributed by atoms with Crippen LogP contribution < -0.4 is 11.5 Å². The molecule has 0 atom stereocenters. The minimum absolute atomic E-state index is 0.0400. The molecule has 0 unspecified atom stereocenters. The molecule has 7 nitrogen and oxygen atoms in total. The van der Waals surface area contributed by atoms with Crippen LogP contribution in [0.3, 0.4) is 0 Å². The molecule has 108 valence electrons. The molecule has 1 aromatic carbocycles. The summed E-state index contributed by atoms with van der Waals surface area (Å²) < 4.78 is 13.4. The van der Waals surface area contributed by atoms with Gasteiger partial charge in [0.05, 0.1) is 16.6 Å². The van der Waals surface area contributed by atoms with Crippen LogP contribution in [-0.4, -0.2) is 34.9 Å². The van der Waals surface area contributed by atoms with Gasteiger partial charge >= 0.3 is 0 Å². The molecule has 1 aliphatic rings. The van der Waals surface area contributed by atoms with Crippen LogP contribution in [0.4, 0.5) is 15.8 Å². The first-order chi connectivity index (χ1) is 9.40. The molecule has 1 amide bonds. The standard InChI is InChI=1S/C12H15FN4O3/c13-7-5-9(11(15)10(6-7)17(19)20)12(18)16-3-1-8(14)2-4-16/h5-6,8H,1-4,14-15H2. The zero-order valence-corrected chi connectivity index (χ0v) is 10.7. The Bertz CT molecular complexity index is 556. The van der Waals surface area contributed by atoms with Gasteiger partial charge in [-0.1, -0.05) is 0 Å². The third kappa shape index (κ3) is 2.69. The molecule has 1 fully saturated rings. The summed E-state index contributed by atoms with van der Waals surface area (Å²) in [4.78, 5) is 23.7. The third-order valence-electron chi connectivity index (χ3n) is 3.38. The molecule has 0 saturated carbocycles. The molecule has 2 rings (SSSR count). The normalized spacial score (nSPS) is 16.2. The average Bonchev–Trinajstić information content (AvgIpc) is 2.41. The smallest absolute Gasteiger partial charge is 0.295 e. The Morgan fingerprint density at radius 1 is 1.40 bits per heavy atom. The number of anilines is 1. The number of nitro groups is 1. The van der Waals surface area contributed by atoms with Gasteiger partial charge in [0.15, 0.2) is 0 Å². The molecule has 8 heteroatoms. The average molecular weight is 282 g/mol. The summed E-state index contributed by atoms with van der Waals surface area (Å²) in [6.45, 7) is 0.869. The summed E-state index contributed by atoms with van der Waals surface area (Å²) in [7, 11) is 0. The molecule has 1 aromatic rings. The van der Waals surface area contributed by atoms with Crippen LogP contribution >= 0.6 is 0 Å². The minimum Gasteiger partial charge on any atom is -0.393 e. The Kier molecular flexibility index (Phi) is 3.84. The summed E-state index contributed by atoms with van der Waals surface area (Å²) >= 11 is 0. The van der Waals surface area contributed by atoms with E-state index in [1.807, 2.05) is 0 Å². The monoisotopic (exact) mass is 282 g/mol. The molecular formula is C12H15FN4O3. The largest absolute Gasteiger partial charge is 0.393 e. The summed E-state index contributed by atoms with van der Waals surface area (Å²) in [5, 5.41) is 10.8. The molecule has 0 radical (unpaired) electrons. The van der Waals surface area contributed by atoms with Crippen molar-refractivity contribution in [2.75, 3.05) is 18.8 Å². The molecular weight excluding hydrogens is 267 g/mol. The number of piperidine rings is 1. The predicted molar refractivity (Wildman–Crippen MR) is 70.6 cm³/mol. The highest BCUT2D eigenvalue weighted by molar-refractivity contribution is 6.01. The quantitative estimate of drug-likeness (QED) is 0.474. The Balaban J connectivity index is 2.32. The van der Waals surface area contributed by atoms with Gasteiger partial charge in [0, 0.05) is 19.1 Å². The van der Waals surface area contributed by atoms with Gasteiger partial charge in [0.1, 0.15) is 11.5 Å². The van der Waals surface area contributed by atoms with E-state index in [0.717, 1.165) is 6.07 Å². The van der Waals surface area contributed by atoms with Gasteiger partial charge in [-0.05, 0) is 18.9 Å². The van der Waals surface area contributed by atoms with Crippen LogP contribution in [0.5, 0.6) is 0 Å². The second-order valence-corrected chi connectivity index (χ2v) is 4.77. The Labute approximate surface area is 114 Å². The molecule has 0 aromatic heterocycles. The van der Waals surface area contributed by atoms with Crippen LogP contribution in [0.2, 0.25) is 0 Å². The first kappa shape index (κ1) is 14.2. The van der Waals surface area contributed by atoms with Crippen molar-refractivity contribution in [3.05, 3.63) is 33.6 Å². The molecule has 0 aliphatic carbocycles. The van der Waals surface area contributed by atoms with Crippen LogP contribution in [0.25, 0.3) is 0 Å². The van der Waals surface area contributed by atoms with Crippen molar-refractivity contribution in [3.63, 3.8) is 0 Å². The lowest BCUT2D eigenvalue weighted by Crippen LogP contribution is -2.43. The number of hydrogen-bond acceptors (Lipinski definition) is 5. The van der Waals surface area contributed by atoms with Gasteiger partial charge < -0.3 is 16.4 Å². The van der Waals surface area contributed by atoms with Crippen molar-refractivity contribution < 1.29 is 14.1 Å². The lowest BCUT2D eigenvalue weighted by molar-refractivity contribution is -0.384. The summed E-state index contributed by atoms with van der Waals surface area (Å²) in [6.07, 6.45) is 1.28. The van der Waals surface area contributed by atoms with Crippen LogP contribution in [-0.2, 0) is 0 Å². The Hall–Kier alpha value is -2.22. The number of carbonyl (C=O) groups is 1. The first-order valence-corrected chi connectivity index (χ1v) is 6.18. The van der Waals surface area contributed by atoms with Crippen molar-refractivity contribution in [1.29, 1.82) is 0 Å². The number of hydrogen-bond donors (Lipinski definition) is 2. The number of likely N-dealkylation sites (tertiary alicyclic amines) is 1. The molecule has 0 bridgehead atoms. The maximum Gasteiger partial charge on any atom is 0.295 e.